The molecule has 0 fully saturated rings. The predicted octanol–water partition coefficient (Wildman–Crippen LogP) is 4.16. The van der Waals surface area contributed by atoms with Crippen molar-refractivity contribution in [3.63, 3.8) is 0 Å². The lowest BCUT2D eigenvalue weighted by molar-refractivity contribution is -0.274. The number of ether oxygens (including phenoxy) is 1. The Hall–Kier alpha value is -2.02. The number of rotatable bonds is 3. The third-order valence-electron chi connectivity index (χ3n) is 2.51. The van der Waals surface area contributed by atoms with E-state index in [1.807, 2.05) is 0 Å². The van der Waals surface area contributed by atoms with Gasteiger partial charge in [0.2, 0.25) is 0 Å². The highest BCUT2D eigenvalue weighted by Gasteiger charge is 2.31. The highest BCUT2D eigenvalue weighted by atomic mass is 79.9. The molecule has 110 valence electrons. The molecule has 0 saturated heterocycles. The largest absolute Gasteiger partial charge is 0.573 e. The molecule has 0 spiro atoms. The molecule has 0 radical (unpaired) electrons. The van der Waals surface area contributed by atoms with Crippen LogP contribution in [0.3, 0.4) is 0 Å². The zero-order valence-corrected chi connectivity index (χ0v) is 12.0. The Kier molecular flexibility index (Phi) is 4.22. The van der Waals surface area contributed by atoms with Crippen molar-refractivity contribution in [2.75, 3.05) is 5.73 Å². The van der Waals surface area contributed by atoms with E-state index in [9.17, 15) is 18.0 Å². The number of benzene rings is 2. The average molecular weight is 360 g/mol. The van der Waals surface area contributed by atoms with Crippen molar-refractivity contribution in [1.82, 2.24) is 0 Å². The Morgan fingerprint density at radius 3 is 2.43 bits per heavy atom. The maximum Gasteiger partial charge on any atom is 0.573 e. The average Bonchev–Trinajstić information content (AvgIpc) is 2.35. The molecule has 0 heterocycles. The molecule has 21 heavy (non-hydrogen) atoms. The van der Waals surface area contributed by atoms with Gasteiger partial charge in [-0.05, 0) is 30.3 Å². The van der Waals surface area contributed by atoms with Crippen LogP contribution in [0.2, 0.25) is 0 Å². The molecular weight excluding hydrogens is 351 g/mol. The SMILES string of the molecule is Nc1cc(Br)cc(C(=O)c2cccc(OC(F)(F)F)c2)c1. The summed E-state index contributed by atoms with van der Waals surface area (Å²) in [7, 11) is 0. The van der Waals surface area contributed by atoms with Gasteiger partial charge in [0.1, 0.15) is 5.75 Å². The molecule has 0 saturated carbocycles. The summed E-state index contributed by atoms with van der Waals surface area (Å²) < 4.78 is 40.9. The van der Waals surface area contributed by atoms with E-state index in [1.54, 1.807) is 6.07 Å². The van der Waals surface area contributed by atoms with E-state index in [-0.39, 0.29) is 11.1 Å². The number of alkyl halides is 3. The van der Waals surface area contributed by atoms with E-state index in [1.165, 1.54) is 24.3 Å². The second-order valence-electron chi connectivity index (χ2n) is 4.18. The first-order valence-corrected chi connectivity index (χ1v) is 6.50. The van der Waals surface area contributed by atoms with Gasteiger partial charge in [-0.25, -0.2) is 0 Å². The lowest BCUT2D eigenvalue weighted by Gasteiger charge is -2.10. The monoisotopic (exact) mass is 359 g/mol. The third kappa shape index (κ3) is 4.22. The van der Waals surface area contributed by atoms with Crippen LogP contribution in [-0.4, -0.2) is 12.1 Å². The van der Waals surface area contributed by atoms with Crippen LogP contribution in [0.4, 0.5) is 18.9 Å². The van der Waals surface area contributed by atoms with Crippen LogP contribution in [0.5, 0.6) is 5.75 Å². The second-order valence-corrected chi connectivity index (χ2v) is 5.09. The lowest BCUT2D eigenvalue weighted by Crippen LogP contribution is -2.17. The summed E-state index contributed by atoms with van der Waals surface area (Å²) in [4.78, 5) is 12.3. The Morgan fingerprint density at radius 1 is 1.10 bits per heavy atom. The third-order valence-corrected chi connectivity index (χ3v) is 2.97. The summed E-state index contributed by atoms with van der Waals surface area (Å²) in [6.45, 7) is 0. The summed E-state index contributed by atoms with van der Waals surface area (Å²) >= 11 is 3.20. The van der Waals surface area contributed by atoms with Crippen LogP contribution >= 0.6 is 15.9 Å². The summed E-state index contributed by atoms with van der Waals surface area (Å²) in [5.41, 5.74) is 6.35. The smallest absolute Gasteiger partial charge is 0.406 e. The summed E-state index contributed by atoms with van der Waals surface area (Å²) in [6, 6.07) is 9.48. The van der Waals surface area contributed by atoms with Crippen LogP contribution in [-0.2, 0) is 0 Å². The van der Waals surface area contributed by atoms with Gasteiger partial charge in [-0.1, -0.05) is 28.1 Å². The van der Waals surface area contributed by atoms with Crippen LogP contribution in [0, 0.1) is 0 Å². The van der Waals surface area contributed by atoms with Gasteiger partial charge in [0.25, 0.3) is 0 Å². The zero-order chi connectivity index (χ0) is 15.6. The predicted molar refractivity (Wildman–Crippen MR) is 75.1 cm³/mol. The number of carbonyl (C=O) groups excluding carboxylic acids is 1. The quantitative estimate of drug-likeness (QED) is 0.661. The van der Waals surface area contributed by atoms with Crippen molar-refractivity contribution >= 4 is 27.4 Å². The van der Waals surface area contributed by atoms with Crippen molar-refractivity contribution in [3.8, 4) is 5.75 Å². The highest BCUT2D eigenvalue weighted by molar-refractivity contribution is 9.10. The minimum Gasteiger partial charge on any atom is -0.406 e. The minimum atomic E-state index is -4.80. The molecule has 0 aliphatic rings. The van der Waals surface area contributed by atoms with Crippen molar-refractivity contribution in [3.05, 3.63) is 58.1 Å². The van der Waals surface area contributed by atoms with E-state index in [0.717, 1.165) is 12.1 Å². The standard InChI is InChI=1S/C14H9BrF3NO2/c15-10-4-9(5-11(19)7-10)13(20)8-2-1-3-12(6-8)21-14(16,17)18/h1-7H,19H2. The Labute approximate surface area is 126 Å². The number of nitrogens with two attached hydrogens (primary N) is 1. The number of nitrogen functional groups attached to an aromatic ring is 1. The Balaban J connectivity index is 2.33. The van der Waals surface area contributed by atoms with E-state index < -0.39 is 17.9 Å². The Morgan fingerprint density at radius 2 is 1.81 bits per heavy atom. The normalized spacial score (nSPS) is 11.2. The first kappa shape index (κ1) is 15.4. The zero-order valence-electron chi connectivity index (χ0n) is 10.4. The Bertz CT molecular complexity index is 666. The summed E-state index contributed by atoms with van der Waals surface area (Å²) in [5.74, 6) is -0.896. The number of carbonyl (C=O) groups is 1. The van der Waals surface area contributed by atoms with E-state index in [2.05, 4.69) is 20.7 Å². The second kappa shape index (κ2) is 5.77. The first-order chi connectivity index (χ1) is 9.74. The molecule has 2 aromatic carbocycles. The molecule has 0 aromatic heterocycles. The van der Waals surface area contributed by atoms with Gasteiger partial charge in [-0.2, -0.15) is 0 Å². The molecule has 0 atom stereocenters. The minimum absolute atomic E-state index is 0.0780. The fraction of sp³-hybridized carbons (Fsp3) is 0.0714. The number of hydrogen-bond donors (Lipinski definition) is 1. The summed E-state index contributed by atoms with van der Waals surface area (Å²) in [6.07, 6.45) is -4.80. The van der Waals surface area contributed by atoms with Crippen molar-refractivity contribution in [2.45, 2.75) is 6.36 Å². The molecule has 2 rings (SSSR count). The molecule has 7 heteroatoms. The van der Waals surface area contributed by atoms with Gasteiger partial charge in [0.05, 0.1) is 0 Å². The molecule has 0 amide bonds. The molecule has 0 unspecified atom stereocenters. The molecule has 0 bridgehead atoms. The van der Waals surface area contributed by atoms with E-state index >= 15 is 0 Å². The molecule has 2 N–H and O–H groups in total. The fourth-order valence-electron chi connectivity index (χ4n) is 1.74. The molecule has 0 aliphatic carbocycles. The van der Waals surface area contributed by atoms with Crippen LogP contribution in [0.25, 0.3) is 0 Å². The van der Waals surface area contributed by atoms with E-state index in [0.29, 0.717) is 10.2 Å². The number of hydrogen-bond acceptors (Lipinski definition) is 3. The van der Waals surface area contributed by atoms with Crippen LogP contribution in [0.15, 0.2) is 46.9 Å². The van der Waals surface area contributed by atoms with Gasteiger partial charge >= 0.3 is 6.36 Å². The van der Waals surface area contributed by atoms with Gasteiger partial charge < -0.3 is 10.5 Å². The van der Waals surface area contributed by atoms with Gasteiger partial charge in [-0.3, -0.25) is 4.79 Å². The molecule has 2 aromatic rings. The fourth-order valence-corrected chi connectivity index (χ4v) is 2.26. The van der Waals surface area contributed by atoms with Gasteiger partial charge in [0, 0.05) is 21.3 Å². The van der Waals surface area contributed by atoms with Crippen molar-refractivity contribution in [1.29, 1.82) is 0 Å². The van der Waals surface area contributed by atoms with Gasteiger partial charge in [-0.15, -0.1) is 13.2 Å². The van der Waals surface area contributed by atoms with Crippen molar-refractivity contribution < 1.29 is 22.7 Å². The highest BCUT2D eigenvalue weighted by Crippen LogP contribution is 2.25. The van der Waals surface area contributed by atoms with Crippen LogP contribution in [0.1, 0.15) is 15.9 Å². The molecule has 3 nitrogen and oxygen atoms in total. The number of halogens is 4. The molecule has 0 aliphatic heterocycles. The summed E-state index contributed by atoms with van der Waals surface area (Å²) in [5, 5.41) is 0. The maximum atomic E-state index is 12.3. The number of ketones is 1. The van der Waals surface area contributed by atoms with Gasteiger partial charge in [0.15, 0.2) is 5.78 Å². The van der Waals surface area contributed by atoms with Crippen LogP contribution < -0.4 is 10.5 Å². The molecular formula is C14H9BrF3NO2. The topological polar surface area (TPSA) is 52.3 Å². The number of anilines is 1. The van der Waals surface area contributed by atoms with Crippen molar-refractivity contribution in [2.24, 2.45) is 0 Å². The van der Waals surface area contributed by atoms with E-state index in [4.69, 9.17) is 5.73 Å². The first-order valence-electron chi connectivity index (χ1n) is 5.71. The lowest BCUT2D eigenvalue weighted by atomic mass is 10.0. The maximum absolute atomic E-state index is 12.3.